The van der Waals surface area contributed by atoms with Gasteiger partial charge in [0.2, 0.25) is 0 Å². The number of hydrogen-bond acceptors (Lipinski definition) is 0. The van der Waals surface area contributed by atoms with Crippen LogP contribution >= 0.6 is 23.2 Å². The topological polar surface area (TPSA) is 0 Å². The van der Waals surface area contributed by atoms with Crippen LogP contribution in [-0.2, 0) is 0 Å². The van der Waals surface area contributed by atoms with E-state index in [9.17, 15) is 17.6 Å². The van der Waals surface area contributed by atoms with E-state index in [0.29, 0.717) is 0 Å². The maximum absolute atomic E-state index is 12.0. The predicted octanol–water partition coefficient (Wildman–Crippen LogP) is 2.73. The minimum Gasteiger partial charge on any atom is -0.198 e. The van der Waals surface area contributed by atoms with Gasteiger partial charge in [-0.15, -0.1) is 23.2 Å². The molecule has 0 aromatic rings. The van der Waals surface area contributed by atoms with E-state index in [1.807, 2.05) is 0 Å². The smallest absolute Gasteiger partial charge is 0.198 e. The zero-order valence-corrected chi connectivity index (χ0v) is 6.19. The second-order valence-corrected chi connectivity index (χ2v) is 2.21. The molecule has 0 atom stereocenters. The van der Waals surface area contributed by atoms with Crippen molar-refractivity contribution in [3.63, 3.8) is 0 Å². The number of halogens is 6. The summed E-state index contributed by atoms with van der Waals surface area (Å²) in [5.74, 6) is -11.3. The van der Waals surface area contributed by atoms with E-state index in [1.54, 1.807) is 0 Å². The number of rotatable bonds is 3. The standard InChI is InChI=1S/C4H4Cl2F4/c5-1-3(7,8)4(9,10)2-6/h1-2H2. The van der Waals surface area contributed by atoms with Gasteiger partial charge in [-0.3, -0.25) is 0 Å². The zero-order chi connectivity index (χ0) is 8.41. The van der Waals surface area contributed by atoms with Crippen LogP contribution in [0.3, 0.4) is 0 Å². The van der Waals surface area contributed by atoms with E-state index < -0.39 is 23.6 Å². The molecule has 0 aliphatic rings. The highest BCUT2D eigenvalue weighted by molar-refractivity contribution is 6.19. The Morgan fingerprint density at radius 2 is 1.00 bits per heavy atom. The molecule has 0 radical (unpaired) electrons. The van der Waals surface area contributed by atoms with Crippen LogP contribution in [0.2, 0.25) is 0 Å². The van der Waals surface area contributed by atoms with Crippen molar-refractivity contribution in [1.29, 1.82) is 0 Å². The molecule has 0 nitrogen and oxygen atoms in total. The Morgan fingerprint density at radius 1 is 0.800 bits per heavy atom. The average molecular weight is 199 g/mol. The second kappa shape index (κ2) is 3.13. The lowest BCUT2D eigenvalue weighted by molar-refractivity contribution is -0.180. The highest BCUT2D eigenvalue weighted by Gasteiger charge is 2.54. The first kappa shape index (κ1) is 10.3. The number of hydrogen-bond donors (Lipinski definition) is 0. The van der Waals surface area contributed by atoms with E-state index in [-0.39, 0.29) is 0 Å². The van der Waals surface area contributed by atoms with Crippen LogP contribution in [-0.4, -0.2) is 23.6 Å². The van der Waals surface area contributed by atoms with E-state index in [0.717, 1.165) is 0 Å². The molecule has 0 saturated carbocycles. The molecule has 0 heterocycles. The first-order valence-corrected chi connectivity index (χ1v) is 3.32. The molecular weight excluding hydrogens is 195 g/mol. The van der Waals surface area contributed by atoms with Gasteiger partial charge in [0.15, 0.2) is 0 Å². The molecule has 0 aliphatic heterocycles. The highest BCUT2D eigenvalue weighted by atomic mass is 35.5. The fourth-order valence-corrected chi connectivity index (χ4v) is 0.587. The van der Waals surface area contributed by atoms with Crippen molar-refractivity contribution in [1.82, 2.24) is 0 Å². The molecule has 10 heavy (non-hydrogen) atoms. The fraction of sp³-hybridized carbons (Fsp3) is 1.00. The van der Waals surface area contributed by atoms with Gasteiger partial charge in [-0.2, -0.15) is 17.6 Å². The van der Waals surface area contributed by atoms with Gasteiger partial charge >= 0.3 is 11.8 Å². The molecule has 0 rings (SSSR count). The van der Waals surface area contributed by atoms with Gasteiger partial charge in [0.05, 0.1) is 11.8 Å². The van der Waals surface area contributed by atoms with Crippen molar-refractivity contribution >= 4 is 23.2 Å². The van der Waals surface area contributed by atoms with E-state index in [1.165, 1.54) is 0 Å². The monoisotopic (exact) mass is 198 g/mol. The summed E-state index contributed by atoms with van der Waals surface area (Å²) in [6.07, 6.45) is 0. The molecule has 0 amide bonds. The van der Waals surface area contributed by atoms with Crippen molar-refractivity contribution in [3.8, 4) is 0 Å². The molecule has 6 heteroatoms. The third kappa shape index (κ3) is 1.89. The zero-order valence-electron chi connectivity index (χ0n) is 4.68. The van der Waals surface area contributed by atoms with Crippen LogP contribution in [0.25, 0.3) is 0 Å². The first-order valence-electron chi connectivity index (χ1n) is 2.25. The Bertz CT molecular complexity index is 99.8. The molecule has 0 aromatic heterocycles. The van der Waals surface area contributed by atoms with Crippen molar-refractivity contribution in [2.45, 2.75) is 11.8 Å². The third-order valence-electron chi connectivity index (χ3n) is 0.871. The Kier molecular flexibility index (Phi) is 3.23. The van der Waals surface area contributed by atoms with Crippen LogP contribution in [0.1, 0.15) is 0 Å². The summed E-state index contributed by atoms with van der Waals surface area (Å²) in [5.41, 5.74) is 0. The van der Waals surface area contributed by atoms with E-state index in [4.69, 9.17) is 0 Å². The molecule has 62 valence electrons. The highest BCUT2D eigenvalue weighted by Crippen LogP contribution is 2.35. The molecule has 0 bridgehead atoms. The predicted molar refractivity (Wildman–Crippen MR) is 31.3 cm³/mol. The molecule has 0 saturated heterocycles. The summed E-state index contributed by atoms with van der Waals surface area (Å²) in [4.78, 5) is 0. The molecular formula is C4H4Cl2F4. The molecule has 0 fully saturated rings. The van der Waals surface area contributed by atoms with Crippen molar-refractivity contribution in [2.24, 2.45) is 0 Å². The van der Waals surface area contributed by atoms with Gasteiger partial charge in [0, 0.05) is 0 Å². The lowest BCUT2D eigenvalue weighted by atomic mass is 10.2. The second-order valence-electron chi connectivity index (χ2n) is 1.68. The third-order valence-corrected chi connectivity index (χ3v) is 1.54. The Balaban J connectivity index is 4.28. The van der Waals surface area contributed by atoms with Crippen LogP contribution in [0.4, 0.5) is 17.6 Å². The summed E-state index contributed by atoms with van der Waals surface area (Å²) >= 11 is 9.14. The van der Waals surface area contributed by atoms with Gasteiger partial charge < -0.3 is 0 Å². The minimum absolute atomic E-state index is 1.42. The van der Waals surface area contributed by atoms with Crippen LogP contribution < -0.4 is 0 Å². The molecule has 0 aliphatic carbocycles. The van der Waals surface area contributed by atoms with Crippen LogP contribution in [0.5, 0.6) is 0 Å². The lowest BCUT2D eigenvalue weighted by Crippen LogP contribution is -2.43. The Morgan fingerprint density at radius 3 is 1.10 bits per heavy atom. The maximum Gasteiger partial charge on any atom is 0.324 e. The lowest BCUT2D eigenvalue weighted by Gasteiger charge is -2.21. The van der Waals surface area contributed by atoms with Crippen molar-refractivity contribution in [2.75, 3.05) is 11.8 Å². The Hall–Kier alpha value is 0.300. The van der Waals surface area contributed by atoms with Crippen molar-refractivity contribution in [3.05, 3.63) is 0 Å². The van der Waals surface area contributed by atoms with Gasteiger partial charge in [0.25, 0.3) is 0 Å². The van der Waals surface area contributed by atoms with E-state index >= 15 is 0 Å². The quantitative estimate of drug-likeness (QED) is 0.484. The summed E-state index contributed by atoms with van der Waals surface area (Å²) in [6, 6.07) is 0. The van der Waals surface area contributed by atoms with Gasteiger partial charge in [-0.25, -0.2) is 0 Å². The van der Waals surface area contributed by atoms with Crippen LogP contribution in [0, 0.1) is 0 Å². The summed E-state index contributed by atoms with van der Waals surface area (Å²) < 4.78 is 47.9. The fourth-order valence-electron chi connectivity index (χ4n) is 0.196. The molecule has 0 aromatic carbocycles. The minimum atomic E-state index is -4.21. The summed E-state index contributed by atoms with van der Waals surface area (Å²) in [5, 5.41) is 0. The maximum atomic E-state index is 12.0. The molecule has 0 unspecified atom stereocenters. The SMILES string of the molecule is FC(F)(CCl)C(F)(F)CCl. The largest absolute Gasteiger partial charge is 0.324 e. The summed E-state index contributed by atoms with van der Waals surface area (Å²) in [7, 11) is 0. The van der Waals surface area contributed by atoms with Gasteiger partial charge in [0.1, 0.15) is 0 Å². The van der Waals surface area contributed by atoms with E-state index in [2.05, 4.69) is 23.2 Å². The van der Waals surface area contributed by atoms with Gasteiger partial charge in [-0.05, 0) is 0 Å². The normalized spacial score (nSPS) is 13.8. The van der Waals surface area contributed by atoms with Gasteiger partial charge in [-0.1, -0.05) is 0 Å². The molecule has 0 spiro atoms. The molecule has 0 N–H and O–H groups in total. The average Bonchev–Trinajstić information content (AvgIpc) is 1.88. The van der Waals surface area contributed by atoms with Crippen molar-refractivity contribution < 1.29 is 17.6 Å². The summed E-state index contributed by atoms with van der Waals surface area (Å²) in [6.45, 7) is 0. The number of alkyl halides is 6. The first-order chi connectivity index (χ1) is 4.37. The Labute approximate surface area is 65.1 Å². The van der Waals surface area contributed by atoms with Crippen LogP contribution in [0.15, 0.2) is 0 Å².